The summed E-state index contributed by atoms with van der Waals surface area (Å²) in [5, 5.41) is 3.21. The van der Waals surface area contributed by atoms with Gasteiger partial charge in [-0.2, -0.15) is 0 Å². The molecule has 3 rings (SSSR count). The van der Waals surface area contributed by atoms with Gasteiger partial charge in [0.2, 0.25) is 5.91 Å². The Morgan fingerprint density at radius 3 is 2.78 bits per heavy atom. The number of benzene rings is 1. The van der Waals surface area contributed by atoms with Crippen molar-refractivity contribution in [2.24, 2.45) is 5.92 Å². The lowest BCUT2D eigenvalue weighted by Crippen LogP contribution is -2.38. The lowest BCUT2D eigenvalue weighted by atomic mass is 9.95. The molecular weight excluding hydrogens is 356 g/mol. The van der Waals surface area contributed by atoms with Crippen LogP contribution in [0, 0.1) is 5.92 Å². The van der Waals surface area contributed by atoms with E-state index in [1.165, 1.54) is 0 Å². The van der Waals surface area contributed by atoms with Crippen LogP contribution in [0.2, 0.25) is 0 Å². The number of amides is 1. The van der Waals surface area contributed by atoms with Crippen LogP contribution in [0.5, 0.6) is 0 Å². The van der Waals surface area contributed by atoms with E-state index in [2.05, 4.69) is 38.3 Å². The summed E-state index contributed by atoms with van der Waals surface area (Å²) in [6.45, 7) is 4.74. The number of nitrogens with one attached hydrogen (secondary N) is 1. The zero-order valence-corrected chi connectivity index (χ0v) is 15.3. The second kappa shape index (κ2) is 7.32. The van der Waals surface area contributed by atoms with Crippen LogP contribution in [-0.2, 0) is 14.9 Å². The normalized spacial score (nSPS) is 23.0. The molecule has 1 heterocycles. The van der Waals surface area contributed by atoms with E-state index in [4.69, 9.17) is 4.74 Å². The Morgan fingerprint density at radius 2 is 2.13 bits per heavy atom. The number of likely N-dealkylation sites (tertiary alicyclic amines) is 1. The number of carbonyl (C=O) groups excluding carboxylic acids is 1. The van der Waals surface area contributed by atoms with E-state index in [-0.39, 0.29) is 11.3 Å². The Morgan fingerprint density at radius 1 is 1.39 bits per heavy atom. The average molecular weight is 381 g/mol. The molecule has 0 spiro atoms. The highest BCUT2D eigenvalue weighted by atomic mass is 79.9. The van der Waals surface area contributed by atoms with Gasteiger partial charge >= 0.3 is 0 Å². The van der Waals surface area contributed by atoms with Crippen LogP contribution in [0.3, 0.4) is 0 Å². The Balaban J connectivity index is 1.49. The summed E-state index contributed by atoms with van der Waals surface area (Å²) in [7, 11) is 1.74. The molecule has 1 aliphatic heterocycles. The van der Waals surface area contributed by atoms with Gasteiger partial charge in [0.1, 0.15) is 0 Å². The van der Waals surface area contributed by atoms with Gasteiger partial charge in [0, 0.05) is 31.2 Å². The first-order valence-corrected chi connectivity index (χ1v) is 9.19. The van der Waals surface area contributed by atoms with Gasteiger partial charge in [0.05, 0.1) is 12.0 Å². The number of carbonyl (C=O) groups is 1. The largest absolute Gasteiger partial charge is 0.383 e. The maximum Gasteiger partial charge on any atom is 0.230 e. The minimum atomic E-state index is -0.269. The monoisotopic (exact) mass is 380 g/mol. The molecule has 4 nitrogen and oxygen atoms in total. The van der Waals surface area contributed by atoms with Crippen molar-refractivity contribution in [2.45, 2.75) is 24.7 Å². The molecule has 1 atom stereocenters. The van der Waals surface area contributed by atoms with E-state index >= 15 is 0 Å². The van der Waals surface area contributed by atoms with Gasteiger partial charge in [-0.15, -0.1) is 0 Å². The van der Waals surface area contributed by atoms with Crippen molar-refractivity contribution >= 4 is 21.8 Å². The summed E-state index contributed by atoms with van der Waals surface area (Å²) in [6.07, 6.45) is 3.09. The Bertz CT molecular complexity index is 542. The van der Waals surface area contributed by atoms with Crippen molar-refractivity contribution in [1.82, 2.24) is 10.2 Å². The molecule has 1 saturated carbocycles. The molecule has 23 heavy (non-hydrogen) atoms. The first-order chi connectivity index (χ1) is 11.1. The minimum Gasteiger partial charge on any atom is -0.383 e. The van der Waals surface area contributed by atoms with Crippen molar-refractivity contribution in [3.05, 3.63) is 34.3 Å². The smallest absolute Gasteiger partial charge is 0.230 e. The van der Waals surface area contributed by atoms with Crippen molar-refractivity contribution < 1.29 is 9.53 Å². The standard InChI is InChI=1S/C18H25BrN2O2/c1-23-11-10-21-9-6-14(13-21)12-20-17(22)18(7-8-18)15-2-4-16(19)5-3-15/h2-5,14H,6-13H2,1H3,(H,20,22)/t14-/m1/s1. The van der Waals surface area contributed by atoms with Gasteiger partial charge in [0.25, 0.3) is 0 Å². The molecule has 1 N–H and O–H groups in total. The van der Waals surface area contributed by atoms with Crippen LogP contribution < -0.4 is 5.32 Å². The lowest BCUT2D eigenvalue weighted by Gasteiger charge is -2.19. The summed E-state index contributed by atoms with van der Waals surface area (Å²) in [4.78, 5) is 15.1. The van der Waals surface area contributed by atoms with Gasteiger partial charge in [-0.1, -0.05) is 28.1 Å². The highest BCUT2D eigenvalue weighted by molar-refractivity contribution is 9.10. The van der Waals surface area contributed by atoms with E-state index in [1.54, 1.807) is 7.11 Å². The third-order valence-corrected chi connectivity index (χ3v) is 5.64. The first-order valence-electron chi connectivity index (χ1n) is 8.40. The Kier molecular flexibility index (Phi) is 5.39. The second-order valence-corrected chi connectivity index (χ2v) is 7.66. The third kappa shape index (κ3) is 3.95. The zero-order valence-electron chi connectivity index (χ0n) is 13.7. The molecule has 0 radical (unpaired) electrons. The summed E-state index contributed by atoms with van der Waals surface area (Å²) in [5.74, 6) is 0.770. The molecule has 1 amide bonds. The molecule has 1 aliphatic carbocycles. The zero-order chi connectivity index (χ0) is 16.3. The van der Waals surface area contributed by atoms with Crippen molar-refractivity contribution in [1.29, 1.82) is 0 Å². The Labute approximate surface area is 146 Å². The highest BCUT2D eigenvalue weighted by Gasteiger charge is 2.51. The number of nitrogens with zero attached hydrogens (tertiary/aromatic N) is 1. The van der Waals surface area contributed by atoms with Gasteiger partial charge < -0.3 is 15.0 Å². The van der Waals surface area contributed by atoms with Gasteiger partial charge in [0.15, 0.2) is 0 Å². The summed E-state index contributed by atoms with van der Waals surface area (Å²) in [6, 6.07) is 8.18. The van der Waals surface area contributed by atoms with E-state index in [0.29, 0.717) is 5.92 Å². The van der Waals surface area contributed by atoms with Crippen LogP contribution >= 0.6 is 15.9 Å². The molecule has 2 fully saturated rings. The van der Waals surface area contributed by atoms with Gasteiger partial charge in [-0.25, -0.2) is 0 Å². The molecule has 1 aromatic carbocycles. The predicted molar refractivity (Wildman–Crippen MR) is 94.5 cm³/mol. The maximum atomic E-state index is 12.7. The molecule has 0 aromatic heterocycles. The quantitative estimate of drug-likeness (QED) is 0.790. The number of hydrogen-bond acceptors (Lipinski definition) is 3. The van der Waals surface area contributed by atoms with Crippen LogP contribution in [0.25, 0.3) is 0 Å². The van der Waals surface area contributed by atoms with E-state index < -0.39 is 0 Å². The number of rotatable bonds is 7. The second-order valence-electron chi connectivity index (χ2n) is 6.75. The fraction of sp³-hybridized carbons (Fsp3) is 0.611. The van der Waals surface area contributed by atoms with Crippen LogP contribution in [0.15, 0.2) is 28.7 Å². The number of methoxy groups -OCH3 is 1. The molecule has 0 bridgehead atoms. The van der Waals surface area contributed by atoms with Crippen LogP contribution in [0.1, 0.15) is 24.8 Å². The van der Waals surface area contributed by atoms with E-state index in [0.717, 1.165) is 62.1 Å². The topological polar surface area (TPSA) is 41.6 Å². The lowest BCUT2D eigenvalue weighted by molar-refractivity contribution is -0.123. The average Bonchev–Trinajstić information content (AvgIpc) is 3.25. The van der Waals surface area contributed by atoms with Crippen molar-refractivity contribution in [3.63, 3.8) is 0 Å². The summed E-state index contributed by atoms with van der Waals surface area (Å²) >= 11 is 3.45. The number of ether oxygens (including phenoxy) is 1. The van der Waals surface area contributed by atoms with Gasteiger partial charge in [-0.3, -0.25) is 4.79 Å². The molecule has 0 unspecified atom stereocenters. The molecule has 1 aromatic rings. The molecule has 126 valence electrons. The molecule has 2 aliphatic rings. The van der Waals surface area contributed by atoms with Crippen LogP contribution in [-0.4, -0.2) is 50.7 Å². The summed E-state index contributed by atoms with van der Waals surface area (Å²) in [5.41, 5.74) is 0.876. The predicted octanol–water partition coefficient (Wildman–Crippen LogP) is 2.57. The number of hydrogen-bond donors (Lipinski definition) is 1. The third-order valence-electron chi connectivity index (χ3n) is 5.11. The first kappa shape index (κ1) is 16.9. The van der Waals surface area contributed by atoms with Crippen molar-refractivity contribution in [3.8, 4) is 0 Å². The van der Waals surface area contributed by atoms with E-state index in [1.807, 2.05) is 12.1 Å². The molecular formula is C18H25BrN2O2. The SMILES string of the molecule is COCCN1CC[C@H](CNC(=O)C2(c3ccc(Br)cc3)CC2)C1. The van der Waals surface area contributed by atoms with Crippen molar-refractivity contribution in [2.75, 3.05) is 39.9 Å². The van der Waals surface area contributed by atoms with Gasteiger partial charge in [-0.05, 0) is 49.4 Å². The fourth-order valence-electron chi connectivity index (χ4n) is 3.45. The fourth-order valence-corrected chi connectivity index (χ4v) is 3.71. The minimum absolute atomic E-state index is 0.204. The highest BCUT2D eigenvalue weighted by Crippen LogP contribution is 2.48. The van der Waals surface area contributed by atoms with E-state index in [9.17, 15) is 4.79 Å². The Hall–Kier alpha value is -0.910. The molecule has 5 heteroatoms. The van der Waals surface area contributed by atoms with Crippen LogP contribution in [0.4, 0.5) is 0 Å². The number of halogens is 1. The summed E-state index contributed by atoms with van der Waals surface area (Å²) < 4.78 is 6.19. The maximum absolute atomic E-state index is 12.7. The molecule has 1 saturated heterocycles.